The first-order valence-electron chi connectivity index (χ1n) is 9.60. The van der Waals surface area contributed by atoms with E-state index in [1.54, 1.807) is 29.1 Å². The van der Waals surface area contributed by atoms with Crippen molar-refractivity contribution in [2.75, 3.05) is 13.2 Å². The number of amides is 1. The summed E-state index contributed by atoms with van der Waals surface area (Å²) in [6.07, 6.45) is 2.74. The number of nitrogens with zero attached hydrogens (tertiary/aromatic N) is 2. The van der Waals surface area contributed by atoms with Gasteiger partial charge in [0, 0.05) is 41.8 Å². The Morgan fingerprint density at radius 3 is 2.53 bits per heavy atom. The van der Waals surface area contributed by atoms with Crippen LogP contribution in [0.25, 0.3) is 11.3 Å². The van der Waals surface area contributed by atoms with Crippen LogP contribution in [-0.4, -0.2) is 33.1 Å². The SMILES string of the molecule is Cn1nccc1-c1ccc(S(=O)c2cccc(C3(C(N)=O)CCOCC3)c2)cc1Cl. The van der Waals surface area contributed by atoms with Crippen LogP contribution in [0.1, 0.15) is 18.4 Å². The van der Waals surface area contributed by atoms with Gasteiger partial charge in [-0.3, -0.25) is 9.48 Å². The number of ether oxygens (including phenoxy) is 1. The quantitative estimate of drug-likeness (QED) is 0.654. The van der Waals surface area contributed by atoms with Gasteiger partial charge < -0.3 is 10.5 Å². The summed E-state index contributed by atoms with van der Waals surface area (Å²) < 4.78 is 20.4. The number of aromatic nitrogens is 2. The molecule has 0 bridgehead atoms. The molecule has 2 heterocycles. The zero-order valence-corrected chi connectivity index (χ0v) is 18.1. The number of primary amides is 1. The van der Waals surface area contributed by atoms with Gasteiger partial charge in [0.2, 0.25) is 5.91 Å². The summed E-state index contributed by atoms with van der Waals surface area (Å²) in [5.41, 5.74) is 7.46. The molecule has 1 aliphatic heterocycles. The van der Waals surface area contributed by atoms with Crippen molar-refractivity contribution < 1.29 is 13.7 Å². The highest BCUT2D eigenvalue weighted by Gasteiger charge is 2.40. The maximum Gasteiger partial charge on any atom is 0.228 e. The first-order chi connectivity index (χ1) is 14.4. The van der Waals surface area contributed by atoms with Crippen LogP contribution < -0.4 is 5.73 Å². The molecule has 1 unspecified atom stereocenters. The van der Waals surface area contributed by atoms with Gasteiger partial charge in [0.25, 0.3) is 0 Å². The minimum atomic E-state index is -1.45. The van der Waals surface area contributed by atoms with Crippen LogP contribution in [-0.2, 0) is 32.8 Å². The van der Waals surface area contributed by atoms with E-state index in [1.165, 1.54) is 0 Å². The van der Waals surface area contributed by atoms with Crippen molar-refractivity contribution in [2.24, 2.45) is 12.8 Å². The maximum atomic E-state index is 13.3. The Bertz CT molecular complexity index is 1120. The highest BCUT2D eigenvalue weighted by molar-refractivity contribution is 7.85. The third-order valence-corrected chi connectivity index (χ3v) is 7.35. The molecule has 30 heavy (non-hydrogen) atoms. The van der Waals surface area contributed by atoms with Crippen molar-refractivity contribution in [1.29, 1.82) is 0 Å². The molecule has 0 aliphatic carbocycles. The number of benzene rings is 2. The number of hydrogen-bond donors (Lipinski definition) is 1. The second kappa shape index (κ2) is 8.34. The molecule has 0 radical (unpaired) electrons. The summed E-state index contributed by atoms with van der Waals surface area (Å²) >= 11 is 6.49. The van der Waals surface area contributed by atoms with Crippen molar-refractivity contribution in [3.63, 3.8) is 0 Å². The fraction of sp³-hybridized carbons (Fsp3) is 0.273. The van der Waals surface area contributed by atoms with E-state index >= 15 is 0 Å². The van der Waals surface area contributed by atoms with Gasteiger partial charge in [0.15, 0.2) is 0 Å². The van der Waals surface area contributed by atoms with Gasteiger partial charge in [-0.1, -0.05) is 29.8 Å². The number of carbonyl (C=O) groups is 1. The van der Waals surface area contributed by atoms with E-state index in [4.69, 9.17) is 22.1 Å². The fourth-order valence-electron chi connectivity index (χ4n) is 3.90. The summed E-state index contributed by atoms with van der Waals surface area (Å²) in [5, 5.41) is 4.66. The third-order valence-electron chi connectivity index (χ3n) is 5.67. The largest absolute Gasteiger partial charge is 0.381 e. The number of aryl methyl sites for hydroxylation is 1. The lowest BCUT2D eigenvalue weighted by molar-refractivity contribution is -0.127. The molecule has 1 aromatic heterocycles. The van der Waals surface area contributed by atoms with Crippen LogP contribution in [0.4, 0.5) is 0 Å². The van der Waals surface area contributed by atoms with E-state index < -0.39 is 16.2 Å². The summed E-state index contributed by atoms with van der Waals surface area (Å²) in [6.45, 7) is 0.947. The van der Waals surface area contributed by atoms with E-state index in [9.17, 15) is 9.00 Å². The average Bonchev–Trinajstić information content (AvgIpc) is 3.19. The van der Waals surface area contributed by atoms with E-state index in [0.717, 1.165) is 16.8 Å². The molecule has 8 heteroatoms. The molecule has 1 aliphatic rings. The highest BCUT2D eigenvalue weighted by Crippen LogP contribution is 2.36. The summed E-state index contributed by atoms with van der Waals surface area (Å²) in [6, 6.07) is 14.5. The predicted octanol–water partition coefficient (Wildman–Crippen LogP) is 3.44. The predicted molar refractivity (Wildman–Crippen MR) is 116 cm³/mol. The van der Waals surface area contributed by atoms with Crippen LogP contribution in [0.5, 0.6) is 0 Å². The number of halogens is 1. The topological polar surface area (TPSA) is 87.2 Å². The second-order valence-electron chi connectivity index (χ2n) is 7.34. The van der Waals surface area contributed by atoms with Gasteiger partial charge in [-0.05, 0) is 48.7 Å². The van der Waals surface area contributed by atoms with Gasteiger partial charge >= 0.3 is 0 Å². The standard InChI is InChI=1S/C22H22ClN3O3S/c1-26-20(7-10-25-26)18-6-5-17(14-19(18)23)30(28)16-4-2-3-15(13-16)22(21(24)27)8-11-29-12-9-22/h2-7,10,13-14H,8-9,11-12H2,1H3,(H2,24,27). The molecule has 0 saturated carbocycles. The zero-order chi connectivity index (χ0) is 21.3. The lowest BCUT2D eigenvalue weighted by Crippen LogP contribution is -2.45. The van der Waals surface area contributed by atoms with E-state index in [-0.39, 0.29) is 5.91 Å². The zero-order valence-electron chi connectivity index (χ0n) is 16.5. The van der Waals surface area contributed by atoms with E-state index in [1.807, 2.05) is 37.4 Å². The first-order valence-corrected chi connectivity index (χ1v) is 11.1. The Morgan fingerprint density at radius 1 is 1.17 bits per heavy atom. The Labute approximate surface area is 182 Å². The number of hydrogen-bond acceptors (Lipinski definition) is 4. The monoisotopic (exact) mass is 443 g/mol. The van der Waals surface area contributed by atoms with E-state index in [2.05, 4.69) is 5.10 Å². The lowest BCUT2D eigenvalue weighted by Gasteiger charge is -2.34. The lowest BCUT2D eigenvalue weighted by atomic mass is 9.73. The minimum absolute atomic E-state index is 0.377. The maximum absolute atomic E-state index is 13.3. The van der Waals surface area contributed by atoms with Crippen LogP contribution in [0.15, 0.2) is 64.5 Å². The molecule has 2 N–H and O–H groups in total. The Balaban J connectivity index is 1.68. The van der Waals surface area contributed by atoms with Crippen LogP contribution >= 0.6 is 11.6 Å². The Kier molecular flexibility index (Phi) is 5.77. The van der Waals surface area contributed by atoms with Crippen molar-refractivity contribution in [3.8, 4) is 11.3 Å². The van der Waals surface area contributed by atoms with E-state index in [0.29, 0.717) is 40.9 Å². The van der Waals surface area contributed by atoms with Crippen LogP contribution in [0.3, 0.4) is 0 Å². The highest BCUT2D eigenvalue weighted by atomic mass is 35.5. The van der Waals surface area contributed by atoms with Crippen molar-refractivity contribution in [3.05, 3.63) is 65.3 Å². The third kappa shape index (κ3) is 3.69. The number of rotatable bonds is 5. The van der Waals surface area contributed by atoms with Crippen molar-refractivity contribution >= 4 is 28.3 Å². The van der Waals surface area contributed by atoms with Crippen molar-refractivity contribution in [1.82, 2.24) is 9.78 Å². The van der Waals surface area contributed by atoms with Gasteiger partial charge in [-0.15, -0.1) is 0 Å². The van der Waals surface area contributed by atoms with Gasteiger partial charge in [-0.25, -0.2) is 4.21 Å². The molecule has 0 spiro atoms. The number of carbonyl (C=O) groups excluding carboxylic acids is 1. The van der Waals surface area contributed by atoms with Crippen LogP contribution in [0, 0.1) is 0 Å². The molecule has 1 saturated heterocycles. The summed E-state index contributed by atoms with van der Waals surface area (Å²) in [4.78, 5) is 13.5. The molecule has 6 nitrogen and oxygen atoms in total. The molecule has 1 fully saturated rings. The molecule has 2 aromatic carbocycles. The molecular formula is C22H22ClN3O3S. The summed E-state index contributed by atoms with van der Waals surface area (Å²) in [7, 11) is 0.387. The Hall–Kier alpha value is -2.48. The average molecular weight is 444 g/mol. The second-order valence-corrected chi connectivity index (χ2v) is 9.22. The van der Waals surface area contributed by atoms with Crippen molar-refractivity contribution in [2.45, 2.75) is 28.0 Å². The molecule has 3 aromatic rings. The molecule has 1 atom stereocenters. The smallest absolute Gasteiger partial charge is 0.228 e. The Morgan fingerprint density at radius 2 is 1.90 bits per heavy atom. The summed E-state index contributed by atoms with van der Waals surface area (Å²) in [5.74, 6) is -0.377. The number of nitrogens with two attached hydrogens (primary N) is 1. The fourth-order valence-corrected chi connectivity index (χ4v) is 5.37. The minimum Gasteiger partial charge on any atom is -0.381 e. The first kappa shape index (κ1) is 20.8. The molecule has 4 rings (SSSR count). The molecular weight excluding hydrogens is 422 g/mol. The van der Waals surface area contributed by atoms with Crippen LogP contribution in [0.2, 0.25) is 5.02 Å². The van der Waals surface area contributed by atoms with Gasteiger partial charge in [-0.2, -0.15) is 5.10 Å². The van der Waals surface area contributed by atoms with Gasteiger partial charge in [0.05, 0.1) is 26.9 Å². The molecule has 156 valence electrons. The molecule has 1 amide bonds. The van der Waals surface area contributed by atoms with Gasteiger partial charge in [0.1, 0.15) is 0 Å². The normalized spacial score (nSPS) is 16.9.